The zero-order valence-electron chi connectivity index (χ0n) is 16.3. The van der Waals surface area contributed by atoms with Crippen LogP contribution < -0.4 is 10.0 Å². The molecule has 2 heterocycles. The first-order chi connectivity index (χ1) is 13.2. The van der Waals surface area contributed by atoms with Crippen LogP contribution in [0.3, 0.4) is 0 Å². The van der Waals surface area contributed by atoms with Gasteiger partial charge < -0.3 is 4.90 Å². The minimum Gasteiger partial charge on any atom is -0.364 e. The number of nitrogens with two attached hydrogens (primary N) is 1. The quantitative estimate of drug-likeness (QED) is 0.735. The highest BCUT2D eigenvalue weighted by molar-refractivity contribution is 7.89. The first kappa shape index (κ1) is 18.7. The van der Waals surface area contributed by atoms with E-state index in [1.165, 1.54) is 5.56 Å². The second-order valence-corrected chi connectivity index (χ2v) is 9.08. The summed E-state index contributed by atoms with van der Waals surface area (Å²) in [6, 6.07) is 15.9. The van der Waals surface area contributed by atoms with Gasteiger partial charge in [-0.2, -0.15) is 5.10 Å². The molecule has 0 spiro atoms. The van der Waals surface area contributed by atoms with E-state index in [2.05, 4.69) is 47.3 Å². The molecule has 0 amide bonds. The molecule has 3 aromatic rings. The third-order valence-electron chi connectivity index (χ3n) is 5.28. The van der Waals surface area contributed by atoms with Gasteiger partial charge in [0.15, 0.2) is 0 Å². The van der Waals surface area contributed by atoms with Gasteiger partial charge in [0.1, 0.15) is 0 Å². The van der Waals surface area contributed by atoms with Gasteiger partial charge in [0.25, 0.3) is 0 Å². The summed E-state index contributed by atoms with van der Waals surface area (Å²) in [4.78, 5) is 2.48. The van der Waals surface area contributed by atoms with E-state index in [1.807, 2.05) is 24.6 Å². The first-order valence-corrected chi connectivity index (χ1v) is 10.8. The van der Waals surface area contributed by atoms with Crippen LogP contribution in [0.4, 0.5) is 5.69 Å². The Hall–Kier alpha value is -2.64. The Bertz CT molecular complexity index is 1130. The van der Waals surface area contributed by atoms with Crippen LogP contribution in [-0.4, -0.2) is 24.2 Å². The summed E-state index contributed by atoms with van der Waals surface area (Å²) in [6.07, 6.45) is 0.808. The molecule has 6 nitrogen and oxygen atoms in total. The average molecular weight is 397 g/mol. The van der Waals surface area contributed by atoms with Gasteiger partial charge in [-0.3, -0.25) is 0 Å². The molecule has 0 bridgehead atoms. The lowest BCUT2D eigenvalue weighted by Crippen LogP contribution is -2.28. The normalized spacial score (nSPS) is 16.4. The molecule has 0 aliphatic carbocycles. The fraction of sp³-hybridized carbons (Fsp3) is 0.286. The molecule has 0 fully saturated rings. The predicted octanol–water partition coefficient (Wildman–Crippen LogP) is 3.09. The summed E-state index contributed by atoms with van der Waals surface area (Å²) in [5.41, 5.74) is 6.45. The second kappa shape index (κ2) is 6.76. The summed E-state index contributed by atoms with van der Waals surface area (Å²) in [7, 11) is -3.68. The zero-order chi connectivity index (χ0) is 20.1. The zero-order valence-corrected chi connectivity index (χ0v) is 17.1. The molecule has 7 heteroatoms. The number of fused-ring (bicyclic) bond motifs is 1. The molecule has 2 N–H and O–H groups in total. The van der Waals surface area contributed by atoms with Crippen molar-refractivity contribution in [2.45, 2.75) is 44.7 Å². The largest absolute Gasteiger partial charge is 0.364 e. The third-order valence-corrected chi connectivity index (χ3v) is 6.19. The molecule has 0 radical (unpaired) electrons. The van der Waals surface area contributed by atoms with Crippen molar-refractivity contribution in [3.05, 3.63) is 71.0 Å². The number of rotatable bonds is 4. The number of benzene rings is 2. The van der Waals surface area contributed by atoms with E-state index in [0.29, 0.717) is 6.04 Å². The topological polar surface area (TPSA) is 81.2 Å². The highest BCUT2D eigenvalue weighted by Gasteiger charge is 2.27. The smallest absolute Gasteiger partial charge is 0.238 e. The highest BCUT2D eigenvalue weighted by Crippen LogP contribution is 2.34. The summed E-state index contributed by atoms with van der Waals surface area (Å²) in [5, 5.41) is 9.80. The van der Waals surface area contributed by atoms with Gasteiger partial charge in [-0.05, 0) is 74.7 Å². The van der Waals surface area contributed by atoms with Gasteiger partial charge in [0.05, 0.1) is 16.3 Å². The predicted molar refractivity (Wildman–Crippen MR) is 110 cm³/mol. The monoisotopic (exact) mass is 396 g/mol. The van der Waals surface area contributed by atoms with Crippen LogP contribution in [0.15, 0.2) is 53.4 Å². The van der Waals surface area contributed by atoms with Crippen LogP contribution >= 0.6 is 0 Å². The third kappa shape index (κ3) is 3.43. The standard InChI is InChI=1S/C21H24N4O2S/c1-14-10-16(3)25(23-14)19-6-4-17(5-7-19)13-24-15(2)11-18-12-20(28(22,26)27)8-9-21(18)24/h4-10,12,15H,11,13H2,1-3H3,(H2,22,26,27)/t15-/m1/s1. The van der Waals surface area contributed by atoms with Crippen LogP contribution in [0.25, 0.3) is 5.69 Å². The van der Waals surface area contributed by atoms with Crippen molar-refractivity contribution >= 4 is 15.7 Å². The molecule has 0 unspecified atom stereocenters. The van der Waals surface area contributed by atoms with Crippen LogP contribution in [0.2, 0.25) is 0 Å². The molecule has 0 saturated carbocycles. The Labute approximate surface area is 165 Å². The highest BCUT2D eigenvalue weighted by atomic mass is 32.2. The first-order valence-electron chi connectivity index (χ1n) is 9.27. The molecular formula is C21H24N4O2S. The second-order valence-electron chi connectivity index (χ2n) is 7.52. The Kier molecular flexibility index (Phi) is 4.51. The molecule has 2 aromatic carbocycles. The lowest BCUT2D eigenvalue weighted by atomic mass is 10.1. The van der Waals surface area contributed by atoms with Gasteiger partial charge >= 0.3 is 0 Å². The van der Waals surface area contributed by atoms with Crippen LogP contribution in [0.1, 0.15) is 29.4 Å². The molecule has 146 valence electrons. The molecule has 0 saturated heterocycles. The SMILES string of the molecule is Cc1cc(C)n(-c2ccc(CN3c4ccc(S(N)(=O)=O)cc4C[C@H]3C)cc2)n1. The van der Waals surface area contributed by atoms with E-state index >= 15 is 0 Å². The van der Waals surface area contributed by atoms with Gasteiger partial charge in [0.2, 0.25) is 10.0 Å². The van der Waals surface area contributed by atoms with Gasteiger partial charge in [-0.25, -0.2) is 18.2 Å². The van der Waals surface area contributed by atoms with E-state index < -0.39 is 10.0 Å². The fourth-order valence-electron chi connectivity index (χ4n) is 3.92. The van der Waals surface area contributed by atoms with Crippen molar-refractivity contribution in [3.8, 4) is 5.69 Å². The molecule has 1 atom stereocenters. The molecule has 28 heavy (non-hydrogen) atoms. The lowest BCUT2D eigenvalue weighted by molar-refractivity contribution is 0.597. The Morgan fingerprint density at radius 2 is 1.82 bits per heavy atom. The fourth-order valence-corrected chi connectivity index (χ4v) is 4.48. The number of aryl methyl sites for hydroxylation is 2. The van der Waals surface area contributed by atoms with Crippen LogP contribution in [0.5, 0.6) is 0 Å². The van der Waals surface area contributed by atoms with Crippen molar-refractivity contribution < 1.29 is 8.42 Å². The average Bonchev–Trinajstić information content (AvgIpc) is 3.13. The number of anilines is 1. The van der Waals surface area contributed by atoms with Crippen LogP contribution in [0, 0.1) is 13.8 Å². The summed E-state index contributed by atoms with van der Waals surface area (Å²) >= 11 is 0. The van der Waals surface area contributed by atoms with Crippen molar-refractivity contribution in [1.29, 1.82) is 0 Å². The molecular weight excluding hydrogens is 372 g/mol. The lowest BCUT2D eigenvalue weighted by Gasteiger charge is -2.25. The van der Waals surface area contributed by atoms with Crippen molar-refractivity contribution in [3.63, 3.8) is 0 Å². The molecule has 1 aromatic heterocycles. The van der Waals surface area contributed by atoms with E-state index in [9.17, 15) is 8.42 Å². The Morgan fingerprint density at radius 1 is 1.11 bits per heavy atom. The van der Waals surface area contributed by atoms with Crippen molar-refractivity contribution in [1.82, 2.24) is 9.78 Å². The summed E-state index contributed by atoms with van der Waals surface area (Å²) in [6.45, 7) is 6.96. The van der Waals surface area contributed by atoms with E-state index in [0.717, 1.165) is 41.3 Å². The maximum absolute atomic E-state index is 11.6. The maximum Gasteiger partial charge on any atom is 0.238 e. The van der Waals surface area contributed by atoms with E-state index in [4.69, 9.17) is 5.14 Å². The number of hydrogen-bond acceptors (Lipinski definition) is 4. The molecule has 1 aliphatic heterocycles. The number of sulfonamides is 1. The van der Waals surface area contributed by atoms with Gasteiger partial charge in [-0.15, -0.1) is 0 Å². The van der Waals surface area contributed by atoms with Crippen LogP contribution in [-0.2, 0) is 23.0 Å². The van der Waals surface area contributed by atoms with E-state index in [1.54, 1.807) is 12.1 Å². The van der Waals surface area contributed by atoms with Crippen molar-refractivity contribution in [2.24, 2.45) is 5.14 Å². The number of nitrogens with zero attached hydrogens (tertiary/aromatic N) is 3. The summed E-state index contributed by atoms with van der Waals surface area (Å²) in [5.74, 6) is 0. The minimum atomic E-state index is -3.68. The number of aromatic nitrogens is 2. The molecule has 4 rings (SSSR count). The maximum atomic E-state index is 11.6. The minimum absolute atomic E-state index is 0.175. The Morgan fingerprint density at radius 3 is 2.43 bits per heavy atom. The van der Waals surface area contributed by atoms with E-state index in [-0.39, 0.29) is 4.90 Å². The Balaban J connectivity index is 1.58. The number of hydrogen-bond donors (Lipinski definition) is 1. The summed E-state index contributed by atoms with van der Waals surface area (Å²) < 4.78 is 25.2. The van der Waals surface area contributed by atoms with Gasteiger partial charge in [-0.1, -0.05) is 12.1 Å². The van der Waals surface area contributed by atoms with Gasteiger partial charge in [0, 0.05) is 24.0 Å². The van der Waals surface area contributed by atoms with Crippen molar-refractivity contribution in [2.75, 3.05) is 4.90 Å². The molecule has 1 aliphatic rings. The number of primary sulfonamides is 1.